The minimum atomic E-state index is -0.980. The molecule has 0 saturated heterocycles. The molecule has 0 aliphatic carbocycles. The van der Waals surface area contributed by atoms with E-state index in [1.807, 2.05) is 26.0 Å². The van der Waals surface area contributed by atoms with E-state index in [2.05, 4.69) is 0 Å². The second-order valence-electron chi connectivity index (χ2n) is 9.58. The van der Waals surface area contributed by atoms with E-state index in [1.165, 1.54) is 12.1 Å². The maximum absolute atomic E-state index is 11.1. The number of carbonyl (C=O) groups is 4. The Morgan fingerprint density at radius 2 is 0.825 bits per heavy atom. The van der Waals surface area contributed by atoms with Gasteiger partial charge in [-0.3, -0.25) is 0 Å². The molecule has 0 heterocycles. The van der Waals surface area contributed by atoms with Crippen molar-refractivity contribution < 1.29 is 39.6 Å². The Hall–Kier alpha value is -5.24. The van der Waals surface area contributed by atoms with Crippen LogP contribution in [0.2, 0.25) is 0 Å². The number of benzene rings is 4. The third-order valence-electron chi connectivity index (χ3n) is 6.47. The van der Waals surface area contributed by atoms with Gasteiger partial charge in [0.1, 0.15) is 0 Å². The maximum Gasteiger partial charge on any atom is 0.335 e. The molecule has 0 aromatic heterocycles. The van der Waals surface area contributed by atoms with Crippen LogP contribution in [0.25, 0.3) is 0 Å². The zero-order valence-electron chi connectivity index (χ0n) is 21.9. The SMILES string of the molecule is CC(C)(c1cccc(C(=O)O)c1)c1cccc(C(=O)O)c1.O=C(O)c1ccc(Cc2ccc(C(=O)O)cc2)cc1. The topological polar surface area (TPSA) is 149 Å². The lowest BCUT2D eigenvalue weighted by molar-refractivity contribution is 0.0686. The van der Waals surface area contributed by atoms with Crippen molar-refractivity contribution in [3.63, 3.8) is 0 Å². The summed E-state index contributed by atoms with van der Waals surface area (Å²) in [5, 5.41) is 35.8. The maximum atomic E-state index is 11.1. The van der Waals surface area contributed by atoms with E-state index in [4.69, 9.17) is 20.4 Å². The summed E-state index contributed by atoms with van der Waals surface area (Å²) in [6.45, 7) is 3.88. The fourth-order valence-corrected chi connectivity index (χ4v) is 4.01. The Morgan fingerprint density at radius 3 is 1.12 bits per heavy atom. The molecule has 0 bridgehead atoms. The van der Waals surface area contributed by atoms with Crippen LogP contribution in [0.5, 0.6) is 0 Å². The van der Waals surface area contributed by atoms with Crippen molar-refractivity contribution in [3.05, 3.63) is 142 Å². The van der Waals surface area contributed by atoms with Gasteiger partial charge in [0.15, 0.2) is 0 Å². The van der Waals surface area contributed by atoms with Crippen molar-refractivity contribution in [1.82, 2.24) is 0 Å². The van der Waals surface area contributed by atoms with E-state index in [0.29, 0.717) is 6.42 Å². The third-order valence-corrected chi connectivity index (χ3v) is 6.47. The van der Waals surface area contributed by atoms with Crippen molar-refractivity contribution in [2.75, 3.05) is 0 Å². The Kier molecular flexibility index (Phi) is 9.19. The molecule has 0 amide bonds. The van der Waals surface area contributed by atoms with Crippen LogP contribution in [0.15, 0.2) is 97.1 Å². The average molecular weight is 541 g/mol. The van der Waals surface area contributed by atoms with Gasteiger partial charge in [0.05, 0.1) is 22.3 Å². The molecular weight excluding hydrogens is 512 g/mol. The van der Waals surface area contributed by atoms with Crippen LogP contribution in [0.1, 0.15) is 77.5 Å². The molecule has 0 aliphatic rings. The lowest BCUT2D eigenvalue weighted by Gasteiger charge is -2.26. The van der Waals surface area contributed by atoms with Crippen LogP contribution in [0.3, 0.4) is 0 Å². The Morgan fingerprint density at radius 1 is 0.500 bits per heavy atom. The number of hydrogen-bond acceptors (Lipinski definition) is 4. The highest BCUT2D eigenvalue weighted by Gasteiger charge is 2.25. The molecule has 4 aromatic carbocycles. The van der Waals surface area contributed by atoms with Crippen LogP contribution in [-0.4, -0.2) is 44.3 Å². The minimum absolute atomic E-state index is 0.218. The number of rotatable bonds is 8. The van der Waals surface area contributed by atoms with Gasteiger partial charge in [-0.05, 0) is 77.2 Å². The van der Waals surface area contributed by atoms with Crippen LogP contribution in [0, 0.1) is 0 Å². The van der Waals surface area contributed by atoms with Gasteiger partial charge in [-0.25, -0.2) is 19.2 Å². The molecule has 8 nitrogen and oxygen atoms in total. The van der Waals surface area contributed by atoms with E-state index in [-0.39, 0.29) is 22.3 Å². The summed E-state index contributed by atoms with van der Waals surface area (Å²) < 4.78 is 0. The molecule has 204 valence electrons. The summed E-state index contributed by atoms with van der Waals surface area (Å²) in [4.78, 5) is 43.6. The second-order valence-corrected chi connectivity index (χ2v) is 9.58. The zero-order chi connectivity index (χ0) is 29.4. The molecule has 8 heteroatoms. The van der Waals surface area contributed by atoms with Gasteiger partial charge in [0, 0.05) is 5.41 Å². The molecule has 40 heavy (non-hydrogen) atoms. The summed E-state index contributed by atoms with van der Waals surface area (Å²) in [5.41, 5.74) is 4.06. The number of carboxylic acid groups (broad SMARTS) is 4. The van der Waals surface area contributed by atoms with Gasteiger partial charge >= 0.3 is 23.9 Å². The second kappa shape index (κ2) is 12.5. The van der Waals surface area contributed by atoms with Crippen LogP contribution >= 0.6 is 0 Å². The predicted octanol–water partition coefficient (Wildman–Crippen LogP) is 6.08. The fourth-order valence-electron chi connectivity index (χ4n) is 4.01. The monoisotopic (exact) mass is 540 g/mol. The fraction of sp³-hybridized carbons (Fsp3) is 0.125. The van der Waals surface area contributed by atoms with Crippen LogP contribution in [-0.2, 0) is 11.8 Å². The Bertz CT molecular complexity index is 1420. The summed E-state index contributed by atoms with van der Waals surface area (Å²) in [5.74, 6) is -3.85. The van der Waals surface area contributed by atoms with Crippen molar-refractivity contribution in [2.24, 2.45) is 0 Å². The summed E-state index contributed by atoms with van der Waals surface area (Å²) in [6.07, 6.45) is 0.639. The Labute approximate surface area is 230 Å². The molecular formula is C32H28O8. The van der Waals surface area contributed by atoms with Gasteiger partial charge in [0.25, 0.3) is 0 Å². The first-order valence-corrected chi connectivity index (χ1v) is 12.2. The molecule has 0 unspecified atom stereocenters. The first-order chi connectivity index (χ1) is 18.9. The van der Waals surface area contributed by atoms with Crippen molar-refractivity contribution in [3.8, 4) is 0 Å². The highest BCUT2D eigenvalue weighted by atomic mass is 16.4. The smallest absolute Gasteiger partial charge is 0.335 e. The van der Waals surface area contributed by atoms with Gasteiger partial charge in [-0.2, -0.15) is 0 Å². The van der Waals surface area contributed by atoms with E-state index in [0.717, 1.165) is 22.3 Å². The summed E-state index contributed by atoms with van der Waals surface area (Å²) in [7, 11) is 0. The van der Waals surface area contributed by atoms with Crippen LogP contribution in [0.4, 0.5) is 0 Å². The molecule has 4 rings (SSSR count). The van der Waals surface area contributed by atoms with Gasteiger partial charge in [-0.1, -0.05) is 62.4 Å². The van der Waals surface area contributed by atoms with E-state index in [1.54, 1.807) is 72.8 Å². The first-order valence-electron chi connectivity index (χ1n) is 12.2. The quantitative estimate of drug-likeness (QED) is 0.210. The van der Waals surface area contributed by atoms with Crippen molar-refractivity contribution in [1.29, 1.82) is 0 Å². The van der Waals surface area contributed by atoms with Gasteiger partial charge in [0.2, 0.25) is 0 Å². The number of carboxylic acids is 4. The summed E-state index contributed by atoms with van der Waals surface area (Å²) >= 11 is 0. The van der Waals surface area contributed by atoms with Gasteiger partial charge < -0.3 is 20.4 Å². The van der Waals surface area contributed by atoms with E-state index in [9.17, 15) is 19.2 Å². The average Bonchev–Trinajstić information content (AvgIpc) is 2.94. The molecule has 0 radical (unpaired) electrons. The van der Waals surface area contributed by atoms with Crippen LogP contribution < -0.4 is 0 Å². The summed E-state index contributed by atoms with van der Waals surface area (Å²) in [6, 6.07) is 26.7. The molecule has 4 aromatic rings. The van der Waals surface area contributed by atoms with Crippen molar-refractivity contribution >= 4 is 23.9 Å². The molecule has 0 aliphatic heterocycles. The largest absolute Gasteiger partial charge is 0.478 e. The minimum Gasteiger partial charge on any atom is -0.478 e. The molecule has 0 atom stereocenters. The lowest BCUT2D eigenvalue weighted by Crippen LogP contribution is -2.20. The highest BCUT2D eigenvalue weighted by Crippen LogP contribution is 2.32. The molecule has 0 saturated carbocycles. The molecule has 0 fully saturated rings. The number of aromatic carboxylic acids is 4. The first kappa shape index (κ1) is 29.3. The van der Waals surface area contributed by atoms with E-state index < -0.39 is 29.3 Å². The highest BCUT2D eigenvalue weighted by molar-refractivity contribution is 5.89. The predicted molar refractivity (Wildman–Crippen MR) is 149 cm³/mol. The molecule has 0 spiro atoms. The third kappa shape index (κ3) is 7.41. The van der Waals surface area contributed by atoms with Gasteiger partial charge in [-0.15, -0.1) is 0 Å². The standard InChI is InChI=1S/C17H16O4.C15H12O4/c1-17(2,13-7-3-5-11(9-13)15(18)19)14-8-4-6-12(10-14)16(20)21;16-14(17)12-5-1-10(2-6-12)9-11-3-7-13(8-4-11)15(18)19/h3-10H,1-2H3,(H,18,19)(H,20,21);1-8H,9H2,(H,16,17)(H,18,19). The Balaban J connectivity index is 0.000000222. The van der Waals surface area contributed by atoms with Crippen molar-refractivity contribution in [2.45, 2.75) is 25.7 Å². The molecule has 4 N–H and O–H groups in total. The normalized spacial score (nSPS) is 10.7. The zero-order valence-corrected chi connectivity index (χ0v) is 21.9. The van der Waals surface area contributed by atoms with E-state index >= 15 is 0 Å². The number of hydrogen-bond donors (Lipinski definition) is 4. The lowest BCUT2D eigenvalue weighted by atomic mass is 9.77.